The lowest BCUT2D eigenvalue weighted by Crippen LogP contribution is -2.40. The summed E-state index contributed by atoms with van der Waals surface area (Å²) >= 11 is 6.89. The third-order valence-electron chi connectivity index (χ3n) is 5.63. The van der Waals surface area contributed by atoms with Crippen molar-refractivity contribution < 1.29 is 23.9 Å². The number of hydrogen-bond donors (Lipinski definition) is 1. The summed E-state index contributed by atoms with van der Waals surface area (Å²) in [4.78, 5) is 52.4. The average Bonchev–Trinajstić information content (AvgIpc) is 3.46. The normalized spacial score (nSPS) is 16.8. The van der Waals surface area contributed by atoms with Gasteiger partial charge < -0.3 is 15.0 Å². The molecule has 4 amide bonds. The van der Waals surface area contributed by atoms with Gasteiger partial charge >= 0.3 is 0 Å². The Kier molecular flexibility index (Phi) is 7.77. The number of hydrogen-bond acceptors (Lipinski definition) is 6. The maximum Gasteiger partial charge on any atom is 0.294 e. The van der Waals surface area contributed by atoms with Gasteiger partial charge in [-0.3, -0.25) is 24.1 Å². The van der Waals surface area contributed by atoms with Crippen LogP contribution < -0.4 is 10.1 Å². The number of nitrogens with one attached hydrogen (secondary N) is 1. The van der Waals surface area contributed by atoms with Crippen LogP contribution in [0.15, 0.2) is 47.4 Å². The fraction of sp³-hybridized carbons (Fsp3) is 0.280. The molecule has 0 aliphatic carbocycles. The van der Waals surface area contributed by atoms with Gasteiger partial charge in [0.15, 0.2) is 6.61 Å². The van der Waals surface area contributed by atoms with Gasteiger partial charge in [-0.2, -0.15) is 0 Å². The van der Waals surface area contributed by atoms with Gasteiger partial charge in [0, 0.05) is 23.8 Å². The number of benzene rings is 2. The molecule has 0 saturated carbocycles. The summed E-state index contributed by atoms with van der Waals surface area (Å²) in [5.41, 5.74) is 2.19. The zero-order valence-electron chi connectivity index (χ0n) is 19.1. The van der Waals surface area contributed by atoms with E-state index in [2.05, 4.69) is 5.32 Å². The summed E-state index contributed by atoms with van der Waals surface area (Å²) in [5.74, 6) is -0.530. The van der Waals surface area contributed by atoms with Crippen molar-refractivity contribution in [3.8, 4) is 5.75 Å². The summed E-state index contributed by atoms with van der Waals surface area (Å²) in [5, 5.41) is 2.84. The smallest absolute Gasteiger partial charge is 0.294 e. The molecule has 2 aromatic carbocycles. The minimum absolute atomic E-state index is 0.186. The van der Waals surface area contributed by atoms with Crippen molar-refractivity contribution in [1.82, 2.24) is 9.80 Å². The number of rotatable bonds is 7. The van der Waals surface area contributed by atoms with Crippen LogP contribution in [0.3, 0.4) is 0 Å². The van der Waals surface area contributed by atoms with E-state index < -0.39 is 11.1 Å². The molecule has 0 radical (unpaired) electrons. The SMILES string of the molecule is Cc1ccc(NC(=O)COc2ccc(/C=C3\SC(=O)N(CC(=O)N4CCCC4)C3=O)cc2)cc1Cl. The molecule has 0 unspecified atom stereocenters. The van der Waals surface area contributed by atoms with Gasteiger partial charge in [0.25, 0.3) is 17.1 Å². The summed E-state index contributed by atoms with van der Waals surface area (Å²) < 4.78 is 5.52. The van der Waals surface area contributed by atoms with E-state index in [-0.39, 0.29) is 29.9 Å². The number of ether oxygens (including phenoxy) is 1. The second-order valence-corrected chi connectivity index (χ2v) is 9.63. The first-order valence-electron chi connectivity index (χ1n) is 11.1. The number of imide groups is 1. The first kappa shape index (κ1) is 24.8. The van der Waals surface area contributed by atoms with Crippen LogP contribution in [0, 0.1) is 6.92 Å². The minimum atomic E-state index is -0.472. The van der Waals surface area contributed by atoms with Gasteiger partial charge in [-0.05, 0) is 73.0 Å². The summed E-state index contributed by atoms with van der Waals surface area (Å²) in [6, 6.07) is 12.0. The number of amides is 4. The topological polar surface area (TPSA) is 96.0 Å². The number of carbonyl (C=O) groups excluding carboxylic acids is 4. The molecule has 2 heterocycles. The molecule has 2 saturated heterocycles. The Labute approximate surface area is 212 Å². The largest absolute Gasteiger partial charge is 0.484 e. The van der Waals surface area contributed by atoms with Gasteiger partial charge in [0.2, 0.25) is 5.91 Å². The van der Waals surface area contributed by atoms with Crippen LogP contribution in [0.5, 0.6) is 5.75 Å². The van der Waals surface area contributed by atoms with Crippen molar-refractivity contribution in [2.45, 2.75) is 19.8 Å². The fourth-order valence-corrected chi connectivity index (χ4v) is 4.69. The van der Waals surface area contributed by atoms with Gasteiger partial charge in [-0.1, -0.05) is 29.8 Å². The van der Waals surface area contributed by atoms with E-state index in [1.54, 1.807) is 47.4 Å². The first-order valence-corrected chi connectivity index (χ1v) is 12.3. The molecule has 2 aromatic rings. The molecule has 10 heteroatoms. The number of likely N-dealkylation sites (tertiary alicyclic amines) is 1. The Morgan fingerprint density at radius 3 is 2.51 bits per heavy atom. The zero-order valence-corrected chi connectivity index (χ0v) is 20.7. The zero-order chi connectivity index (χ0) is 24.9. The second-order valence-electron chi connectivity index (χ2n) is 8.23. The molecule has 8 nitrogen and oxygen atoms in total. The highest BCUT2D eigenvalue weighted by Crippen LogP contribution is 2.32. The van der Waals surface area contributed by atoms with Gasteiger partial charge in [0.1, 0.15) is 12.3 Å². The van der Waals surface area contributed by atoms with Crippen LogP contribution in [-0.4, -0.2) is 59.0 Å². The van der Waals surface area contributed by atoms with Crippen molar-refractivity contribution in [2.24, 2.45) is 0 Å². The van der Waals surface area contributed by atoms with Crippen molar-refractivity contribution >= 4 is 58.1 Å². The molecule has 4 rings (SSSR count). The molecular weight excluding hydrogens is 490 g/mol. The lowest BCUT2D eigenvalue weighted by molar-refractivity contribution is -0.135. The minimum Gasteiger partial charge on any atom is -0.484 e. The van der Waals surface area contributed by atoms with Crippen molar-refractivity contribution in [3.05, 3.63) is 63.5 Å². The maximum absolute atomic E-state index is 12.7. The molecule has 0 aromatic heterocycles. The number of nitrogens with zero attached hydrogens (tertiary/aromatic N) is 2. The Balaban J connectivity index is 1.31. The van der Waals surface area contributed by atoms with E-state index >= 15 is 0 Å². The Bertz CT molecular complexity index is 1190. The molecule has 2 aliphatic heterocycles. The first-order chi connectivity index (χ1) is 16.8. The Morgan fingerprint density at radius 1 is 1.11 bits per heavy atom. The number of carbonyl (C=O) groups is 4. The molecule has 1 N–H and O–H groups in total. The van der Waals surface area contributed by atoms with Crippen molar-refractivity contribution in [3.63, 3.8) is 0 Å². The van der Waals surface area contributed by atoms with Gasteiger partial charge in [-0.15, -0.1) is 0 Å². The van der Waals surface area contributed by atoms with Crippen LogP contribution in [-0.2, 0) is 14.4 Å². The monoisotopic (exact) mass is 513 g/mol. The van der Waals surface area contributed by atoms with E-state index in [1.165, 1.54) is 0 Å². The van der Waals surface area contributed by atoms with E-state index in [1.807, 2.05) is 13.0 Å². The van der Waals surface area contributed by atoms with Crippen LogP contribution >= 0.6 is 23.4 Å². The third-order valence-corrected chi connectivity index (χ3v) is 6.94. The number of aryl methyl sites for hydroxylation is 1. The summed E-state index contributed by atoms with van der Waals surface area (Å²) in [6.45, 7) is 2.80. The highest BCUT2D eigenvalue weighted by Gasteiger charge is 2.37. The molecule has 0 bridgehead atoms. The van der Waals surface area contributed by atoms with E-state index in [4.69, 9.17) is 16.3 Å². The fourth-order valence-electron chi connectivity index (χ4n) is 3.67. The lowest BCUT2D eigenvalue weighted by atomic mass is 10.2. The third kappa shape index (κ3) is 6.23. The van der Waals surface area contributed by atoms with E-state index in [0.29, 0.717) is 35.1 Å². The van der Waals surface area contributed by atoms with Crippen LogP contribution in [0.25, 0.3) is 6.08 Å². The molecule has 35 heavy (non-hydrogen) atoms. The molecule has 2 aliphatic rings. The number of anilines is 1. The van der Waals surface area contributed by atoms with Crippen LogP contribution in [0.4, 0.5) is 10.5 Å². The molecule has 182 valence electrons. The van der Waals surface area contributed by atoms with Crippen molar-refractivity contribution in [2.75, 3.05) is 31.6 Å². The molecule has 0 atom stereocenters. The summed E-state index contributed by atoms with van der Waals surface area (Å²) in [6.07, 6.45) is 3.49. The predicted molar refractivity (Wildman–Crippen MR) is 135 cm³/mol. The molecule has 0 spiro atoms. The van der Waals surface area contributed by atoms with E-state index in [0.717, 1.165) is 35.1 Å². The van der Waals surface area contributed by atoms with Crippen LogP contribution in [0.2, 0.25) is 5.02 Å². The quantitative estimate of drug-likeness (QED) is 0.554. The highest BCUT2D eigenvalue weighted by atomic mass is 35.5. The second kappa shape index (κ2) is 11.0. The summed E-state index contributed by atoms with van der Waals surface area (Å²) in [7, 11) is 0. The number of halogens is 1. The molecule has 2 fully saturated rings. The Morgan fingerprint density at radius 2 is 1.83 bits per heavy atom. The maximum atomic E-state index is 12.7. The lowest BCUT2D eigenvalue weighted by Gasteiger charge is -2.18. The Hall–Kier alpha value is -3.30. The van der Waals surface area contributed by atoms with Gasteiger partial charge in [0.05, 0.1) is 4.91 Å². The highest BCUT2D eigenvalue weighted by molar-refractivity contribution is 8.18. The molecular formula is C25H24ClN3O5S. The number of thioether (sulfide) groups is 1. The predicted octanol–water partition coefficient (Wildman–Crippen LogP) is 4.32. The standard InChI is InChI=1S/C25H24ClN3O5S/c1-16-4-7-18(13-20(16)26)27-22(30)15-34-19-8-5-17(6-9-19)12-21-24(32)29(25(33)35-21)14-23(31)28-10-2-3-11-28/h4-9,12-13H,2-3,10-11,14-15H2,1H3,(H,27,30)/b21-12-. The van der Waals surface area contributed by atoms with Crippen molar-refractivity contribution in [1.29, 1.82) is 0 Å². The van der Waals surface area contributed by atoms with Gasteiger partial charge in [-0.25, -0.2) is 0 Å². The average molecular weight is 514 g/mol. The van der Waals surface area contributed by atoms with E-state index in [9.17, 15) is 19.2 Å². The van der Waals surface area contributed by atoms with Crippen LogP contribution in [0.1, 0.15) is 24.0 Å².